The molecule has 192 valence electrons. The molecule has 4 aromatic rings. The molecule has 0 aliphatic carbocycles. The molecule has 1 atom stereocenters. The van der Waals surface area contributed by atoms with E-state index >= 15 is 0 Å². The molecule has 0 bridgehead atoms. The van der Waals surface area contributed by atoms with Crippen molar-refractivity contribution in [2.45, 2.75) is 58.0 Å². The van der Waals surface area contributed by atoms with Gasteiger partial charge < -0.3 is 9.30 Å². The van der Waals surface area contributed by atoms with Crippen LogP contribution in [0.3, 0.4) is 0 Å². The average molecular weight is 534 g/mol. The van der Waals surface area contributed by atoms with E-state index in [1.54, 1.807) is 10.6 Å². The number of Topliss-reactive ketones (excluding diaryl/α,β-unsaturated/α-hetero) is 1. The molecule has 0 N–H and O–H groups in total. The van der Waals surface area contributed by atoms with E-state index in [-0.39, 0.29) is 23.2 Å². The standard InChI is InChI=1S/C29H31N3O3S2/c1-5-12-31-28(34)26-24(21-10-8-18(2)9-11-21)16-36-27(26)30-29(31)37-17-25(33)23-14-19(3)32(20(23)4)15-22-7-6-13-35-22/h5,8-11,14,16,22H,1,6-7,12-13,15,17H2,2-4H3/t22-/m1/s1. The maximum absolute atomic E-state index is 13.6. The van der Waals surface area contributed by atoms with Gasteiger partial charge in [0.25, 0.3) is 5.56 Å². The van der Waals surface area contributed by atoms with Gasteiger partial charge in [0.2, 0.25) is 0 Å². The number of allylic oxidation sites excluding steroid dienone is 1. The van der Waals surface area contributed by atoms with Gasteiger partial charge in [-0.25, -0.2) is 4.98 Å². The molecule has 1 saturated heterocycles. The Morgan fingerprint density at radius 3 is 2.73 bits per heavy atom. The number of hydrogen-bond donors (Lipinski definition) is 0. The van der Waals surface area contributed by atoms with Crippen LogP contribution < -0.4 is 5.56 Å². The number of ketones is 1. The normalized spacial score (nSPS) is 15.5. The van der Waals surface area contributed by atoms with Crippen LogP contribution in [-0.4, -0.2) is 38.4 Å². The lowest BCUT2D eigenvalue weighted by Gasteiger charge is -2.15. The van der Waals surface area contributed by atoms with E-state index in [1.165, 1.54) is 28.7 Å². The van der Waals surface area contributed by atoms with E-state index in [2.05, 4.69) is 11.1 Å². The first-order chi connectivity index (χ1) is 17.9. The van der Waals surface area contributed by atoms with Crippen LogP contribution >= 0.6 is 23.1 Å². The topological polar surface area (TPSA) is 66.1 Å². The lowest BCUT2D eigenvalue weighted by Crippen LogP contribution is -2.23. The molecule has 1 aromatic carbocycles. The number of carbonyl (C=O) groups is 1. The first-order valence-electron chi connectivity index (χ1n) is 12.5. The Kier molecular flexibility index (Phi) is 7.51. The maximum Gasteiger partial charge on any atom is 0.263 e. The zero-order chi connectivity index (χ0) is 26.1. The Labute approximate surface area is 225 Å². The molecule has 0 unspecified atom stereocenters. The van der Waals surface area contributed by atoms with Crippen molar-refractivity contribution in [2.24, 2.45) is 0 Å². The Morgan fingerprint density at radius 2 is 2.03 bits per heavy atom. The van der Waals surface area contributed by atoms with Crippen molar-refractivity contribution in [3.63, 3.8) is 0 Å². The van der Waals surface area contributed by atoms with Gasteiger partial charge in [-0.15, -0.1) is 17.9 Å². The fourth-order valence-corrected chi connectivity index (χ4v) is 6.80. The van der Waals surface area contributed by atoms with E-state index in [9.17, 15) is 9.59 Å². The second kappa shape index (κ2) is 10.8. The predicted octanol–water partition coefficient (Wildman–Crippen LogP) is 6.19. The highest BCUT2D eigenvalue weighted by Crippen LogP contribution is 2.33. The second-order valence-electron chi connectivity index (χ2n) is 9.54. The van der Waals surface area contributed by atoms with Crippen molar-refractivity contribution < 1.29 is 9.53 Å². The number of aromatic nitrogens is 3. The predicted molar refractivity (Wildman–Crippen MR) is 152 cm³/mol. The molecule has 0 amide bonds. The quantitative estimate of drug-likeness (QED) is 0.111. The van der Waals surface area contributed by atoms with Gasteiger partial charge in [0.1, 0.15) is 4.83 Å². The van der Waals surface area contributed by atoms with E-state index in [0.29, 0.717) is 21.9 Å². The van der Waals surface area contributed by atoms with Gasteiger partial charge >= 0.3 is 0 Å². The Bertz CT molecular complexity index is 1520. The highest BCUT2D eigenvalue weighted by molar-refractivity contribution is 7.99. The molecular weight excluding hydrogens is 502 g/mol. The fourth-order valence-electron chi connectivity index (χ4n) is 4.92. The number of ether oxygens (including phenoxy) is 1. The minimum absolute atomic E-state index is 0.0303. The van der Waals surface area contributed by atoms with Crippen LogP contribution in [0.25, 0.3) is 21.3 Å². The van der Waals surface area contributed by atoms with Crippen LogP contribution in [0.15, 0.2) is 58.3 Å². The van der Waals surface area contributed by atoms with Gasteiger partial charge in [0.15, 0.2) is 10.9 Å². The van der Waals surface area contributed by atoms with Crippen molar-refractivity contribution in [2.75, 3.05) is 12.4 Å². The Morgan fingerprint density at radius 1 is 1.24 bits per heavy atom. The average Bonchev–Trinajstić information content (AvgIpc) is 3.62. The molecule has 5 rings (SSSR count). The number of aryl methyl sites for hydroxylation is 2. The van der Waals surface area contributed by atoms with Gasteiger partial charge in [-0.05, 0) is 45.2 Å². The Balaban J connectivity index is 1.42. The molecule has 6 nitrogen and oxygen atoms in total. The van der Waals surface area contributed by atoms with Crippen molar-refractivity contribution in [3.05, 3.63) is 81.2 Å². The van der Waals surface area contributed by atoms with Crippen molar-refractivity contribution >= 4 is 39.1 Å². The molecule has 8 heteroatoms. The first-order valence-corrected chi connectivity index (χ1v) is 14.4. The maximum atomic E-state index is 13.6. The Hall–Kier alpha value is -2.94. The van der Waals surface area contributed by atoms with Crippen LogP contribution in [0.1, 0.15) is 40.2 Å². The van der Waals surface area contributed by atoms with Gasteiger partial charge in [-0.3, -0.25) is 14.2 Å². The van der Waals surface area contributed by atoms with Crippen LogP contribution in [0, 0.1) is 20.8 Å². The van der Waals surface area contributed by atoms with E-state index in [0.717, 1.165) is 54.1 Å². The number of fused-ring (bicyclic) bond motifs is 1. The number of carbonyl (C=O) groups excluding carboxylic acids is 1. The molecule has 3 aromatic heterocycles. The first kappa shape index (κ1) is 25.7. The molecule has 1 fully saturated rings. The molecule has 1 aliphatic rings. The number of benzene rings is 1. The lowest BCUT2D eigenvalue weighted by atomic mass is 10.1. The highest BCUT2D eigenvalue weighted by Gasteiger charge is 2.22. The number of hydrogen-bond acceptors (Lipinski definition) is 6. The fraction of sp³-hybridized carbons (Fsp3) is 0.345. The second-order valence-corrected chi connectivity index (χ2v) is 11.3. The van der Waals surface area contributed by atoms with Crippen LogP contribution in [0.4, 0.5) is 0 Å². The van der Waals surface area contributed by atoms with Crippen LogP contribution in [-0.2, 0) is 17.8 Å². The summed E-state index contributed by atoms with van der Waals surface area (Å²) in [5, 5.41) is 3.14. The van der Waals surface area contributed by atoms with E-state index in [1.807, 2.05) is 56.5 Å². The molecule has 1 aliphatic heterocycles. The summed E-state index contributed by atoms with van der Waals surface area (Å²) in [6, 6.07) is 10.1. The monoisotopic (exact) mass is 533 g/mol. The summed E-state index contributed by atoms with van der Waals surface area (Å²) in [5.41, 5.74) is 5.70. The number of thioether (sulfide) groups is 1. The summed E-state index contributed by atoms with van der Waals surface area (Å²) in [4.78, 5) is 32.4. The van der Waals surface area contributed by atoms with Crippen LogP contribution in [0.5, 0.6) is 0 Å². The third kappa shape index (κ3) is 5.10. The van der Waals surface area contributed by atoms with E-state index in [4.69, 9.17) is 9.72 Å². The summed E-state index contributed by atoms with van der Waals surface area (Å²) >= 11 is 2.77. The zero-order valence-electron chi connectivity index (χ0n) is 21.5. The summed E-state index contributed by atoms with van der Waals surface area (Å²) in [6.45, 7) is 11.8. The molecule has 0 spiro atoms. The van der Waals surface area contributed by atoms with Crippen molar-refractivity contribution in [1.29, 1.82) is 0 Å². The molecule has 0 saturated carbocycles. The molecular formula is C29H31N3O3S2. The van der Waals surface area contributed by atoms with Gasteiger partial charge in [-0.2, -0.15) is 0 Å². The summed E-state index contributed by atoms with van der Waals surface area (Å²) in [7, 11) is 0. The third-order valence-corrected chi connectivity index (χ3v) is 8.80. The van der Waals surface area contributed by atoms with Gasteiger partial charge in [-0.1, -0.05) is 47.7 Å². The third-order valence-electron chi connectivity index (χ3n) is 6.95. The van der Waals surface area contributed by atoms with Gasteiger partial charge in [0.05, 0.1) is 17.2 Å². The minimum atomic E-state index is -0.105. The van der Waals surface area contributed by atoms with Crippen molar-refractivity contribution in [1.82, 2.24) is 14.1 Å². The molecule has 4 heterocycles. The smallest absolute Gasteiger partial charge is 0.263 e. The number of thiophene rings is 1. The number of rotatable bonds is 9. The summed E-state index contributed by atoms with van der Waals surface area (Å²) < 4.78 is 9.61. The van der Waals surface area contributed by atoms with Crippen molar-refractivity contribution in [3.8, 4) is 11.1 Å². The summed E-state index contributed by atoms with van der Waals surface area (Å²) in [6.07, 6.45) is 4.05. The number of nitrogens with zero attached hydrogens (tertiary/aromatic N) is 3. The highest BCUT2D eigenvalue weighted by atomic mass is 32.2. The van der Waals surface area contributed by atoms with Gasteiger partial charge in [0, 0.05) is 47.6 Å². The lowest BCUT2D eigenvalue weighted by molar-refractivity contribution is 0.0957. The SMILES string of the molecule is C=CCn1c(SCC(=O)c2cc(C)n(C[C@H]3CCCO3)c2C)nc2scc(-c3ccc(C)cc3)c2c1=O. The van der Waals surface area contributed by atoms with Crippen LogP contribution in [0.2, 0.25) is 0 Å². The minimum Gasteiger partial charge on any atom is -0.376 e. The molecule has 0 radical (unpaired) electrons. The van der Waals surface area contributed by atoms with E-state index < -0.39 is 0 Å². The molecule has 37 heavy (non-hydrogen) atoms. The largest absolute Gasteiger partial charge is 0.376 e. The zero-order valence-corrected chi connectivity index (χ0v) is 23.1. The summed E-state index contributed by atoms with van der Waals surface area (Å²) in [5.74, 6) is 0.234.